The van der Waals surface area contributed by atoms with E-state index in [2.05, 4.69) is 20.6 Å². The highest BCUT2D eigenvalue weighted by Gasteiger charge is 2.23. The number of anilines is 2. The summed E-state index contributed by atoms with van der Waals surface area (Å²) in [6.45, 7) is 3.08. The summed E-state index contributed by atoms with van der Waals surface area (Å²) in [5.41, 5.74) is 5.16. The van der Waals surface area contributed by atoms with Crippen molar-refractivity contribution in [1.82, 2.24) is 25.3 Å². The van der Waals surface area contributed by atoms with Crippen LogP contribution in [-0.2, 0) is 4.74 Å². The number of ether oxygens (including phenoxy) is 3. The van der Waals surface area contributed by atoms with Gasteiger partial charge in [0.05, 0.1) is 24.3 Å². The Morgan fingerprint density at radius 2 is 1.95 bits per heavy atom. The second-order valence-electron chi connectivity index (χ2n) is 11.1. The molecule has 2 aromatic carbocycles. The lowest BCUT2D eigenvalue weighted by molar-refractivity contribution is 0.0857. The zero-order valence-electron chi connectivity index (χ0n) is 24.2. The van der Waals surface area contributed by atoms with Gasteiger partial charge in [-0.2, -0.15) is 9.97 Å². The number of nitrogens with one attached hydrogen (secondary N) is 3. The molecule has 1 unspecified atom stereocenters. The number of aryl methyl sites for hydroxylation is 1. The fourth-order valence-electron chi connectivity index (χ4n) is 5.91. The van der Waals surface area contributed by atoms with Crippen molar-refractivity contribution < 1.29 is 23.4 Å². The number of methoxy groups -OCH3 is 1. The predicted octanol–water partition coefficient (Wildman–Crippen LogP) is 6.06. The zero-order valence-corrected chi connectivity index (χ0v) is 24.2. The maximum absolute atomic E-state index is 12.8. The number of hydrogen-bond donors (Lipinski definition) is 3. The van der Waals surface area contributed by atoms with Gasteiger partial charge in [-0.25, -0.2) is 4.98 Å². The van der Waals surface area contributed by atoms with E-state index < -0.39 is 0 Å². The molecule has 1 saturated carbocycles. The van der Waals surface area contributed by atoms with E-state index in [1.54, 1.807) is 25.3 Å². The largest absolute Gasteiger partial charge is 0.495 e. The lowest BCUT2D eigenvalue weighted by Gasteiger charge is -2.16. The Labute approximate surface area is 248 Å². The van der Waals surface area contributed by atoms with Crippen LogP contribution in [0.25, 0.3) is 33.3 Å². The molecule has 2 fully saturated rings. The Hall–Kier alpha value is -4.64. The molecule has 7 rings (SSSR count). The zero-order chi connectivity index (χ0) is 29.3. The quantitative estimate of drug-likeness (QED) is 0.189. The number of hydrogen-bond acceptors (Lipinski definition) is 9. The highest BCUT2D eigenvalue weighted by atomic mass is 16.5. The molecule has 1 aliphatic heterocycles. The summed E-state index contributed by atoms with van der Waals surface area (Å²) >= 11 is 0. The van der Waals surface area contributed by atoms with Gasteiger partial charge in [0, 0.05) is 37.4 Å². The summed E-state index contributed by atoms with van der Waals surface area (Å²) < 4.78 is 23.5. The summed E-state index contributed by atoms with van der Waals surface area (Å²) in [6, 6.07) is 11.2. The van der Waals surface area contributed by atoms with Crippen molar-refractivity contribution >= 4 is 39.7 Å². The molecule has 3 N–H and O–H groups in total. The molecule has 0 bridgehead atoms. The molecular formula is C32H34N6O5. The van der Waals surface area contributed by atoms with E-state index >= 15 is 0 Å². The topological polar surface area (TPSA) is 136 Å². The Morgan fingerprint density at radius 3 is 2.77 bits per heavy atom. The van der Waals surface area contributed by atoms with Gasteiger partial charge in [0.2, 0.25) is 11.8 Å². The summed E-state index contributed by atoms with van der Waals surface area (Å²) in [7, 11) is 1.57. The van der Waals surface area contributed by atoms with E-state index in [1.807, 2.05) is 31.3 Å². The van der Waals surface area contributed by atoms with E-state index in [9.17, 15) is 4.79 Å². The summed E-state index contributed by atoms with van der Waals surface area (Å²) in [6.07, 6.45) is 8.31. The van der Waals surface area contributed by atoms with E-state index in [0.717, 1.165) is 72.7 Å². The maximum atomic E-state index is 12.8. The molecule has 0 radical (unpaired) electrons. The molecular weight excluding hydrogens is 548 g/mol. The smallest absolute Gasteiger partial charge is 0.251 e. The second-order valence-corrected chi connectivity index (χ2v) is 11.1. The van der Waals surface area contributed by atoms with Gasteiger partial charge >= 0.3 is 0 Å². The van der Waals surface area contributed by atoms with Crippen LogP contribution in [-0.4, -0.2) is 58.3 Å². The highest BCUT2D eigenvalue weighted by molar-refractivity contribution is 5.99. The Kier molecular flexibility index (Phi) is 7.32. The minimum absolute atomic E-state index is 0.0715. The van der Waals surface area contributed by atoms with Crippen LogP contribution in [0.1, 0.15) is 54.8 Å². The Bertz CT molecular complexity index is 1780. The molecule has 5 aromatic rings. The van der Waals surface area contributed by atoms with Crippen LogP contribution in [0, 0.1) is 6.92 Å². The third-order valence-corrected chi connectivity index (χ3v) is 8.11. The molecule has 1 aliphatic carbocycles. The van der Waals surface area contributed by atoms with Crippen LogP contribution in [0.2, 0.25) is 0 Å². The van der Waals surface area contributed by atoms with Crippen LogP contribution in [0.5, 0.6) is 11.6 Å². The first kappa shape index (κ1) is 27.2. The SMILES string of the molecule is COc1cc(C(=O)NCC2CCCO2)ccc1Nc1nc(OC2CCCC2)c2c(-c3ccc4nc(C)oc4c3)c[nH]c2n1. The van der Waals surface area contributed by atoms with Gasteiger partial charge < -0.3 is 34.2 Å². The first-order valence-electron chi connectivity index (χ1n) is 14.8. The first-order chi connectivity index (χ1) is 21.0. The third-order valence-electron chi connectivity index (χ3n) is 8.11. The maximum Gasteiger partial charge on any atom is 0.251 e. The van der Waals surface area contributed by atoms with E-state index in [0.29, 0.717) is 46.9 Å². The monoisotopic (exact) mass is 582 g/mol. The fourth-order valence-corrected chi connectivity index (χ4v) is 5.91. The summed E-state index contributed by atoms with van der Waals surface area (Å²) in [4.78, 5) is 30.1. The second kappa shape index (κ2) is 11.6. The normalized spacial score (nSPS) is 17.1. The molecule has 1 amide bonds. The van der Waals surface area contributed by atoms with Gasteiger partial charge in [0.25, 0.3) is 5.91 Å². The van der Waals surface area contributed by atoms with Crippen LogP contribution < -0.4 is 20.1 Å². The van der Waals surface area contributed by atoms with Crippen LogP contribution in [0.15, 0.2) is 47.0 Å². The third kappa shape index (κ3) is 5.60. The van der Waals surface area contributed by atoms with E-state index in [1.165, 1.54) is 0 Å². The number of oxazole rings is 1. The molecule has 222 valence electrons. The van der Waals surface area contributed by atoms with Crippen molar-refractivity contribution in [2.24, 2.45) is 0 Å². The number of amides is 1. The van der Waals surface area contributed by atoms with Gasteiger partial charge in [-0.15, -0.1) is 0 Å². The molecule has 43 heavy (non-hydrogen) atoms. The first-order valence-corrected chi connectivity index (χ1v) is 14.8. The van der Waals surface area contributed by atoms with Gasteiger partial charge in [-0.1, -0.05) is 6.07 Å². The van der Waals surface area contributed by atoms with Crippen molar-refractivity contribution in [3.8, 4) is 22.8 Å². The van der Waals surface area contributed by atoms with Gasteiger partial charge in [-0.3, -0.25) is 4.79 Å². The number of aromatic nitrogens is 4. The minimum atomic E-state index is -0.178. The van der Waals surface area contributed by atoms with E-state index in [4.69, 9.17) is 28.6 Å². The van der Waals surface area contributed by atoms with Crippen LogP contribution >= 0.6 is 0 Å². The lowest BCUT2D eigenvalue weighted by Crippen LogP contribution is -2.31. The number of carbonyl (C=O) groups is 1. The number of aromatic amines is 1. The summed E-state index contributed by atoms with van der Waals surface area (Å²) in [5.74, 6) is 1.80. The van der Waals surface area contributed by atoms with Crippen molar-refractivity contribution in [1.29, 1.82) is 0 Å². The number of rotatable bonds is 9. The standard InChI is InChI=1S/C32H34N6O5/c1-18-35-25-11-9-19(14-27(25)42-18)23-17-33-29-28(23)31(43-21-6-3-4-7-21)38-32(37-29)36-24-12-10-20(15-26(24)40-2)30(39)34-16-22-8-5-13-41-22/h9-12,14-15,17,21-22H,3-8,13,16H2,1-2H3,(H,34,39)(H2,33,36,37,38). The van der Waals surface area contributed by atoms with E-state index in [-0.39, 0.29) is 18.1 Å². The van der Waals surface area contributed by atoms with Crippen LogP contribution in [0.3, 0.4) is 0 Å². The average molecular weight is 583 g/mol. The van der Waals surface area contributed by atoms with Crippen molar-refractivity contribution in [2.45, 2.75) is 57.7 Å². The van der Waals surface area contributed by atoms with Crippen molar-refractivity contribution in [2.75, 3.05) is 25.6 Å². The van der Waals surface area contributed by atoms with Gasteiger partial charge in [-0.05, 0) is 74.4 Å². The fraction of sp³-hybridized carbons (Fsp3) is 0.375. The molecule has 1 atom stereocenters. The van der Waals surface area contributed by atoms with Crippen LogP contribution in [0.4, 0.5) is 11.6 Å². The van der Waals surface area contributed by atoms with Gasteiger partial charge in [0.1, 0.15) is 23.0 Å². The lowest BCUT2D eigenvalue weighted by atomic mass is 10.1. The number of carbonyl (C=O) groups excluding carboxylic acids is 1. The molecule has 1 saturated heterocycles. The minimum Gasteiger partial charge on any atom is -0.495 e. The Balaban J connectivity index is 1.19. The number of benzene rings is 2. The van der Waals surface area contributed by atoms with Crippen molar-refractivity contribution in [3.63, 3.8) is 0 Å². The molecule has 2 aliphatic rings. The highest BCUT2D eigenvalue weighted by Crippen LogP contribution is 2.38. The van der Waals surface area contributed by atoms with Gasteiger partial charge in [0.15, 0.2) is 11.5 Å². The molecule has 3 aromatic heterocycles. The molecule has 4 heterocycles. The molecule has 11 heteroatoms. The van der Waals surface area contributed by atoms with Crippen molar-refractivity contribution in [3.05, 3.63) is 54.0 Å². The number of fused-ring (bicyclic) bond motifs is 2. The Morgan fingerprint density at radius 1 is 1.07 bits per heavy atom. The summed E-state index contributed by atoms with van der Waals surface area (Å²) in [5, 5.41) is 7.04. The average Bonchev–Trinajstić information content (AvgIpc) is 3.83. The number of nitrogens with zero attached hydrogens (tertiary/aromatic N) is 3. The predicted molar refractivity (Wildman–Crippen MR) is 162 cm³/mol. The molecule has 0 spiro atoms. The number of H-pyrrole nitrogens is 1. The molecule has 11 nitrogen and oxygen atoms in total.